The summed E-state index contributed by atoms with van der Waals surface area (Å²) in [6, 6.07) is 18.6. The molecular weight excluding hydrogens is 354 g/mol. The van der Waals surface area contributed by atoms with Crippen molar-refractivity contribution in [2.45, 2.75) is 38.3 Å². The highest BCUT2D eigenvalue weighted by molar-refractivity contribution is 6.08. The van der Waals surface area contributed by atoms with E-state index in [1.165, 1.54) is 0 Å². The summed E-state index contributed by atoms with van der Waals surface area (Å²) in [6.45, 7) is 3.28. The SMILES string of the molecule is C[C@@H](NC(=O)CN1C(=O)N[C@@](C)(CCc2ccccc2)C1=O)c1ccccc1. The van der Waals surface area contributed by atoms with Crippen molar-refractivity contribution in [1.29, 1.82) is 0 Å². The van der Waals surface area contributed by atoms with Gasteiger partial charge in [0, 0.05) is 0 Å². The maximum Gasteiger partial charge on any atom is 0.325 e. The zero-order valence-electron chi connectivity index (χ0n) is 16.1. The van der Waals surface area contributed by atoms with Crippen molar-refractivity contribution in [1.82, 2.24) is 15.5 Å². The molecule has 0 spiro atoms. The minimum atomic E-state index is -1.00. The van der Waals surface area contributed by atoms with Crippen LogP contribution in [0.4, 0.5) is 4.79 Å². The number of hydrogen-bond donors (Lipinski definition) is 2. The van der Waals surface area contributed by atoms with Gasteiger partial charge in [-0.25, -0.2) is 4.79 Å². The van der Waals surface area contributed by atoms with E-state index in [4.69, 9.17) is 0 Å². The standard InChI is InChI=1S/C22H25N3O3/c1-16(18-11-7-4-8-12-18)23-19(26)15-25-20(27)22(2,24-21(25)28)14-13-17-9-5-3-6-10-17/h3-12,16H,13-15H2,1-2H3,(H,23,26)(H,24,28)/t16-,22+/m1/s1. The third-order valence-corrected chi connectivity index (χ3v) is 5.08. The maximum atomic E-state index is 12.8. The number of aryl methyl sites for hydroxylation is 1. The molecule has 2 N–H and O–H groups in total. The average molecular weight is 379 g/mol. The number of rotatable bonds is 7. The predicted molar refractivity (Wildman–Crippen MR) is 106 cm³/mol. The Labute approximate surface area is 164 Å². The second-order valence-corrected chi connectivity index (χ2v) is 7.34. The molecule has 1 aliphatic rings. The molecule has 2 atom stereocenters. The summed E-state index contributed by atoms with van der Waals surface area (Å²) in [4.78, 5) is 38.5. The van der Waals surface area contributed by atoms with Gasteiger partial charge in [0.2, 0.25) is 5.91 Å². The molecule has 6 nitrogen and oxygen atoms in total. The van der Waals surface area contributed by atoms with Crippen LogP contribution in [0.1, 0.15) is 37.4 Å². The van der Waals surface area contributed by atoms with Crippen LogP contribution in [0.3, 0.4) is 0 Å². The average Bonchev–Trinajstić information content (AvgIpc) is 2.91. The van der Waals surface area contributed by atoms with Gasteiger partial charge in [-0.1, -0.05) is 60.7 Å². The number of nitrogens with zero attached hydrogens (tertiary/aromatic N) is 1. The van der Waals surface area contributed by atoms with Crippen molar-refractivity contribution in [3.05, 3.63) is 71.8 Å². The topological polar surface area (TPSA) is 78.5 Å². The summed E-state index contributed by atoms with van der Waals surface area (Å²) >= 11 is 0. The van der Waals surface area contributed by atoms with E-state index in [1.807, 2.05) is 67.6 Å². The van der Waals surface area contributed by atoms with Gasteiger partial charge in [-0.05, 0) is 37.8 Å². The summed E-state index contributed by atoms with van der Waals surface area (Å²) < 4.78 is 0. The molecule has 0 aromatic heterocycles. The van der Waals surface area contributed by atoms with Gasteiger partial charge >= 0.3 is 6.03 Å². The van der Waals surface area contributed by atoms with Crippen LogP contribution in [0.25, 0.3) is 0 Å². The van der Waals surface area contributed by atoms with Gasteiger partial charge in [-0.3, -0.25) is 14.5 Å². The van der Waals surface area contributed by atoms with E-state index in [2.05, 4.69) is 10.6 Å². The molecule has 1 fully saturated rings. The second-order valence-electron chi connectivity index (χ2n) is 7.34. The third kappa shape index (κ3) is 4.39. The Kier molecular flexibility index (Phi) is 5.78. The maximum absolute atomic E-state index is 12.8. The van der Waals surface area contributed by atoms with Gasteiger partial charge in [0.05, 0.1) is 6.04 Å². The van der Waals surface area contributed by atoms with Crippen LogP contribution in [-0.4, -0.2) is 34.8 Å². The van der Waals surface area contributed by atoms with Gasteiger partial charge < -0.3 is 10.6 Å². The Hall–Kier alpha value is -3.15. The lowest BCUT2D eigenvalue weighted by Crippen LogP contribution is -2.45. The first kappa shape index (κ1) is 19.6. The van der Waals surface area contributed by atoms with E-state index < -0.39 is 11.6 Å². The number of amides is 4. The smallest absolute Gasteiger partial charge is 0.325 e. The Morgan fingerprint density at radius 2 is 1.68 bits per heavy atom. The zero-order chi connectivity index (χ0) is 20.1. The van der Waals surface area contributed by atoms with Crippen LogP contribution in [0.2, 0.25) is 0 Å². The number of nitrogens with one attached hydrogen (secondary N) is 2. The van der Waals surface area contributed by atoms with Gasteiger partial charge in [-0.15, -0.1) is 0 Å². The molecule has 1 aliphatic heterocycles. The molecule has 0 radical (unpaired) electrons. The highest BCUT2D eigenvalue weighted by Crippen LogP contribution is 2.23. The van der Waals surface area contributed by atoms with Crippen LogP contribution in [0.5, 0.6) is 0 Å². The van der Waals surface area contributed by atoms with E-state index in [0.29, 0.717) is 12.8 Å². The molecule has 0 unspecified atom stereocenters. The molecule has 1 heterocycles. The van der Waals surface area contributed by atoms with Crippen molar-refractivity contribution in [2.75, 3.05) is 6.54 Å². The van der Waals surface area contributed by atoms with Crippen LogP contribution >= 0.6 is 0 Å². The van der Waals surface area contributed by atoms with E-state index in [0.717, 1.165) is 16.0 Å². The summed E-state index contributed by atoms with van der Waals surface area (Å²) in [7, 11) is 0. The van der Waals surface area contributed by atoms with Crippen molar-refractivity contribution in [2.24, 2.45) is 0 Å². The summed E-state index contributed by atoms with van der Waals surface area (Å²) in [5, 5.41) is 5.58. The quantitative estimate of drug-likeness (QED) is 0.726. The van der Waals surface area contributed by atoms with Crippen LogP contribution < -0.4 is 10.6 Å². The molecular formula is C22H25N3O3. The summed E-state index contributed by atoms with van der Waals surface area (Å²) in [5.41, 5.74) is 1.05. The fourth-order valence-corrected chi connectivity index (χ4v) is 3.35. The lowest BCUT2D eigenvalue weighted by atomic mass is 9.93. The number of urea groups is 1. The Bertz CT molecular complexity index is 854. The predicted octanol–water partition coefficient (Wildman–Crippen LogP) is 2.81. The lowest BCUT2D eigenvalue weighted by molar-refractivity contribution is -0.134. The minimum Gasteiger partial charge on any atom is -0.348 e. The van der Waals surface area contributed by atoms with E-state index in [9.17, 15) is 14.4 Å². The lowest BCUT2D eigenvalue weighted by Gasteiger charge is -2.22. The van der Waals surface area contributed by atoms with Gasteiger partial charge in [0.1, 0.15) is 12.1 Å². The van der Waals surface area contributed by atoms with E-state index in [1.54, 1.807) is 6.92 Å². The van der Waals surface area contributed by atoms with Crippen molar-refractivity contribution in [3.63, 3.8) is 0 Å². The van der Waals surface area contributed by atoms with Crippen LogP contribution in [-0.2, 0) is 16.0 Å². The fourth-order valence-electron chi connectivity index (χ4n) is 3.35. The molecule has 0 bridgehead atoms. The van der Waals surface area contributed by atoms with Crippen molar-refractivity contribution in [3.8, 4) is 0 Å². The number of carbonyl (C=O) groups is 3. The summed E-state index contributed by atoms with van der Waals surface area (Å²) in [5.74, 6) is -0.733. The zero-order valence-corrected chi connectivity index (χ0v) is 16.1. The molecule has 0 saturated carbocycles. The monoisotopic (exact) mass is 379 g/mol. The van der Waals surface area contributed by atoms with Crippen molar-refractivity contribution < 1.29 is 14.4 Å². The van der Waals surface area contributed by atoms with Crippen LogP contribution in [0, 0.1) is 0 Å². The molecule has 1 saturated heterocycles. The molecule has 3 rings (SSSR count). The number of imide groups is 1. The second kappa shape index (κ2) is 8.25. The largest absolute Gasteiger partial charge is 0.348 e. The number of hydrogen-bond acceptors (Lipinski definition) is 3. The first-order chi connectivity index (χ1) is 13.4. The summed E-state index contributed by atoms with van der Waals surface area (Å²) in [6.07, 6.45) is 1.13. The normalized spacial score (nSPS) is 20.0. The van der Waals surface area contributed by atoms with Crippen molar-refractivity contribution >= 4 is 17.8 Å². The third-order valence-electron chi connectivity index (χ3n) is 5.08. The molecule has 6 heteroatoms. The highest BCUT2D eigenvalue weighted by Gasteiger charge is 2.47. The molecule has 146 valence electrons. The Morgan fingerprint density at radius 3 is 2.32 bits per heavy atom. The molecule has 4 amide bonds. The van der Waals surface area contributed by atoms with Gasteiger partial charge in [-0.2, -0.15) is 0 Å². The molecule has 0 aliphatic carbocycles. The fraction of sp³-hybridized carbons (Fsp3) is 0.318. The Balaban J connectivity index is 1.59. The molecule has 28 heavy (non-hydrogen) atoms. The van der Waals surface area contributed by atoms with Gasteiger partial charge in [0.25, 0.3) is 5.91 Å². The van der Waals surface area contributed by atoms with E-state index >= 15 is 0 Å². The number of benzene rings is 2. The molecule has 2 aromatic rings. The highest BCUT2D eigenvalue weighted by atomic mass is 16.2. The van der Waals surface area contributed by atoms with E-state index in [-0.39, 0.29) is 24.4 Å². The molecule has 2 aromatic carbocycles. The number of carbonyl (C=O) groups excluding carboxylic acids is 3. The van der Waals surface area contributed by atoms with Gasteiger partial charge in [0.15, 0.2) is 0 Å². The Morgan fingerprint density at radius 1 is 1.07 bits per heavy atom. The van der Waals surface area contributed by atoms with Crippen LogP contribution in [0.15, 0.2) is 60.7 Å². The minimum absolute atomic E-state index is 0.209. The first-order valence-corrected chi connectivity index (χ1v) is 9.41. The first-order valence-electron chi connectivity index (χ1n) is 9.41.